The second-order valence-electron chi connectivity index (χ2n) is 13.5. The van der Waals surface area contributed by atoms with Gasteiger partial charge in [-0.2, -0.15) is 0 Å². The molecule has 0 aliphatic carbocycles. The number of benzene rings is 8. The van der Waals surface area contributed by atoms with Gasteiger partial charge in [-0.15, -0.1) is 0 Å². The summed E-state index contributed by atoms with van der Waals surface area (Å²) >= 11 is 0. The lowest BCUT2D eigenvalue weighted by molar-refractivity contribution is 1.01. The Morgan fingerprint density at radius 3 is 1.67 bits per heavy atom. The Hall–Kier alpha value is -7.04. The Balaban J connectivity index is 1.16. The van der Waals surface area contributed by atoms with Gasteiger partial charge in [0.2, 0.25) is 5.95 Å². The van der Waals surface area contributed by atoms with Crippen LogP contribution >= 0.6 is 0 Å². The van der Waals surface area contributed by atoms with E-state index in [0.29, 0.717) is 5.95 Å². The molecule has 0 fully saturated rings. The van der Waals surface area contributed by atoms with Gasteiger partial charge in [0.05, 0.1) is 33.3 Å². The van der Waals surface area contributed by atoms with E-state index in [1.807, 2.05) is 0 Å². The lowest BCUT2D eigenvalue weighted by Crippen LogP contribution is -2.03. The molecular formula is C48H30N4. The van der Waals surface area contributed by atoms with E-state index in [9.17, 15) is 0 Å². The first-order valence-electron chi connectivity index (χ1n) is 17.7. The predicted octanol–water partition coefficient (Wildman–Crippen LogP) is 12.3. The van der Waals surface area contributed by atoms with Gasteiger partial charge in [0, 0.05) is 38.2 Å². The molecule has 0 aliphatic rings. The van der Waals surface area contributed by atoms with Gasteiger partial charge in [0.1, 0.15) is 0 Å². The Labute approximate surface area is 299 Å². The molecule has 0 N–H and O–H groups in total. The summed E-state index contributed by atoms with van der Waals surface area (Å²) in [5.74, 6) is 0.659. The lowest BCUT2D eigenvalue weighted by atomic mass is 9.99. The van der Waals surface area contributed by atoms with Gasteiger partial charge in [-0.25, -0.2) is 9.97 Å². The van der Waals surface area contributed by atoms with E-state index in [0.717, 1.165) is 50.0 Å². The van der Waals surface area contributed by atoms with Gasteiger partial charge in [-0.1, -0.05) is 121 Å². The number of rotatable bonds is 4. The minimum Gasteiger partial charge on any atom is -0.309 e. The van der Waals surface area contributed by atoms with Gasteiger partial charge in [-0.05, 0) is 82.6 Å². The Morgan fingerprint density at radius 1 is 0.327 bits per heavy atom. The van der Waals surface area contributed by atoms with Crippen LogP contribution in [0.15, 0.2) is 182 Å². The first kappa shape index (κ1) is 28.8. The Bertz CT molecular complexity index is 3170. The average molecular weight is 663 g/mol. The zero-order chi connectivity index (χ0) is 34.2. The van der Waals surface area contributed by atoms with Crippen LogP contribution < -0.4 is 0 Å². The molecule has 11 rings (SSSR count). The minimum absolute atomic E-state index is 0.659. The molecule has 4 heteroatoms. The molecule has 0 unspecified atom stereocenters. The van der Waals surface area contributed by atoms with E-state index >= 15 is 0 Å². The van der Waals surface area contributed by atoms with Gasteiger partial charge in [-0.3, -0.25) is 4.57 Å². The van der Waals surface area contributed by atoms with Gasteiger partial charge in [0.15, 0.2) is 0 Å². The summed E-state index contributed by atoms with van der Waals surface area (Å²) < 4.78 is 4.59. The molecule has 3 aromatic heterocycles. The Kier molecular flexibility index (Phi) is 6.22. The fourth-order valence-electron chi connectivity index (χ4n) is 8.09. The molecule has 0 amide bonds. The smallest absolute Gasteiger partial charge is 0.235 e. The van der Waals surface area contributed by atoms with Crippen LogP contribution in [0.2, 0.25) is 0 Å². The lowest BCUT2D eigenvalue weighted by Gasteiger charge is -2.13. The SMILES string of the molecule is c1ccc(-c2nc(-n3c4ccccc4c4cc5ccccc5cc43)nc3cc(-c4ccc5c(c4)c4ccccc4n5-c4ccccc4)ccc23)cc1. The number of fused-ring (bicyclic) bond motifs is 8. The fraction of sp³-hybridized carbons (Fsp3) is 0. The van der Waals surface area contributed by atoms with Crippen molar-refractivity contribution in [1.82, 2.24) is 19.1 Å². The Morgan fingerprint density at radius 2 is 0.904 bits per heavy atom. The topological polar surface area (TPSA) is 35.6 Å². The summed E-state index contributed by atoms with van der Waals surface area (Å²) in [6.45, 7) is 0. The molecule has 0 saturated heterocycles. The molecule has 0 radical (unpaired) electrons. The maximum absolute atomic E-state index is 5.37. The summed E-state index contributed by atoms with van der Waals surface area (Å²) in [4.78, 5) is 10.7. The molecule has 0 saturated carbocycles. The van der Waals surface area contributed by atoms with Crippen LogP contribution in [0.4, 0.5) is 0 Å². The van der Waals surface area contributed by atoms with Crippen LogP contribution in [-0.2, 0) is 0 Å². The largest absolute Gasteiger partial charge is 0.309 e. The molecular weight excluding hydrogens is 633 g/mol. The van der Waals surface area contributed by atoms with E-state index in [1.54, 1.807) is 0 Å². The maximum atomic E-state index is 5.37. The molecule has 8 aromatic carbocycles. The highest BCUT2D eigenvalue weighted by atomic mass is 15.2. The normalized spacial score (nSPS) is 11.8. The maximum Gasteiger partial charge on any atom is 0.235 e. The van der Waals surface area contributed by atoms with Crippen LogP contribution in [0.5, 0.6) is 0 Å². The molecule has 0 bridgehead atoms. The third-order valence-corrected chi connectivity index (χ3v) is 10.5. The third-order valence-electron chi connectivity index (χ3n) is 10.5. The van der Waals surface area contributed by atoms with Gasteiger partial charge >= 0.3 is 0 Å². The molecule has 3 heterocycles. The van der Waals surface area contributed by atoms with Crippen LogP contribution in [0.3, 0.4) is 0 Å². The van der Waals surface area contributed by atoms with Crippen LogP contribution in [0.1, 0.15) is 0 Å². The number of hydrogen-bond acceptors (Lipinski definition) is 2. The second-order valence-corrected chi connectivity index (χ2v) is 13.5. The van der Waals surface area contributed by atoms with Crippen LogP contribution in [0, 0.1) is 0 Å². The van der Waals surface area contributed by atoms with Crippen molar-refractivity contribution in [2.75, 3.05) is 0 Å². The number of hydrogen-bond donors (Lipinski definition) is 0. The summed E-state index contributed by atoms with van der Waals surface area (Å²) in [6.07, 6.45) is 0. The van der Waals surface area contributed by atoms with E-state index in [1.165, 1.54) is 43.4 Å². The van der Waals surface area contributed by atoms with Gasteiger partial charge in [0.25, 0.3) is 0 Å². The van der Waals surface area contributed by atoms with Crippen molar-refractivity contribution in [3.63, 3.8) is 0 Å². The highest BCUT2D eigenvalue weighted by molar-refractivity contribution is 6.14. The average Bonchev–Trinajstić information content (AvgIpc) is 3.72. The second kappa shape index (κ2) is 11.2. The van der Waals surface area contributed by atoms with Crippen molar-refractivity contribution >= 4 is 65.3 Å². The predicted molar refractivity (Wildman–Crippen MR) is 217 cm³/mol. The van der Waals surface area contributed by atoms with Crippen molar-refractivity contribution in [3.05, 3.63) is 182 Å². The molecule has 52 heavy (non-hydrogen) atoms. The molecule has 11 aromatic rings. The van der Waals surface area contributed by atoms with E-state index in [2.05, 4.69) is 191 Å². The summed E-state index contributed by atoms with van der Waals surface area (Å²) in [5.41, 5.74) is 10.9. The number of para-hydroxylation sites is 3. The molecule has 242 valence electrons. The molecule has 0 spiro atoms. The minimum atomic E-state index is 0.659. The van der Waals surface area contributed by atoms with Crippen molar-refractivity contribution < 1.29 is 0 Å². The van der Waals surface area contributed by atoms with Crippen molar-refractivity contribution in [2.45, 2.75) is 0 Å². The molecule has 4 nitrogen and oxygen atoms in total. The molecule has 0 aliphatic heterocycles. The zero-order valence-electron chi connectivity index (χ0n) is 28.1. The quantitative estimate of drug-likeness (QED) is 0.188. The van der Waals surface area contributed by atoms with Crippen molar-refractivity contribution in [3.8, 4) is 34.0 Å². The van der Waals surface area contributed by atoms with E-state index in [-0.39, 0.29) is 0 Å². The highest BCUT2D eigenvalue weighted by Crippen LogP contribution is 2.38. The zero-order valence-corrected chi connectivity index (χ0v) is 28.1. The highest BCUT2D eigenvalue weighted by Gasteiger charge is 2.19. The number of aromatic nitrogens is 4. The first-order valence-corrected chi connectivity index (χ1v) is 17.7. The fourth-order valence-corrected chi connectivity index (χ4v) is 8.09. The van der Waals surface area contributed by atoms with Crippen molar-refractivity contribution in [1.29, 1.82) is 0 Å². The van der Waals surface area contributed by atoms with Crippen LogP contribution in [0.25, 0.3) is 99.3 Å². The third kappa shape index (κ3) is 4.34. The molecule has 0 atom stereocenters. The van der Waals surface area contributed by atoms with Crippen molar-refractivity contribution in [2.24, 2.45) is 0 Å². The van der Waals surface area contributed by atoms with Crippen LogP contribution in [-0.4, -0.2) is 19.1 Å². The monoisotopic (exact) mass is 662 g/mol. The van der Waals surface area contributed by atoms with Gasteiger partial charge < -0.3 is 4.57 Å². The number of nitrogens with zero attached hydrogens (tertiary/aromatic N) is 4. The van der Waals surface area contributed by atoms with E-state index < -0.39 is 0 Å². The first-order chi connectivity index (χ1) is 25.8. The standard InChI is InChI=1S/C48H30N4/c1-3-13-31(14-4-1)47-39-25-23-35(34-24-26-45-40(28-34)37-19-9-11-21-43(37)51(45)36-17-5-2-6-18-36)29-42(39)49-48(50-47)52-44-22-12-10-20-38(44)41-27-32-15-7-8-16-33(32)30-46(41)52/h1-30H. The summed E-state index contributed by atoms with van der Waals surface area (Å²) in [7, 11) is 0. The summed E-state index contributed by atoms with van der Waals surface area (Å²) in [6, 6.07) is 64.9. The van der Waals surface area contributed by atoms with E-state index in [4.69, 9.17) is 9.97 Å². The summed E-state index contributed by atoms with van der Waals surface area (Å²) in [5, 5.41) is 8.26.